The van der Waals surface area contributed by atoms with Gasteiger partial charge in [-0.1, -0.05) is 12.1 Å². The lowest BCUT2D eigenvalue weighted by Crippen LogP contribution is -2.47. The number of aliphatic carboxylic acids is 1. The van der Waals surface area contributed by atoms with Crippen molar-refractivity contribution in [3.63, 3.8) is 0 Å². The lowest BCUT2D eigenvalue weighted by molar-refractivity contribution is -0.140. The van der Waals surface area contributed by atoms with Gasteiger partial charge in [-0.15, -0.1) is 0 Å². The number of carbonyl (C=O) groups excluding carboxylic acids is 1. The van der Waals surface area contributed by atoms with Crippen molar-refractivity contribution < 1.29 is 19.4 Å². The number of nitrogens with zero attached hydrogens (tertiary/aromatic N) is 1. The van der Waals surface area contributed by atoms with Crippen LogP contribution in [-0.4, -0.2) is 29.6 Å². The van der Waals surface area contributed by atoms with E-state index in [1.54, 1.807) is 24.3 Å². The predicted octanol–water partition coefficient (Wildman–Crippen LogP) is 0.885. The number of fused-ring (bicyclic) bond motifs is 1. The molecule has 0 saturated heterocycles. The van der Waals surface area contributed by atoms with Crippen molar-refractivity contribution in [3.05, 3.63) is 24.3 Å². The molecule has 0 bridgehead atoms. The number of carbonyl (C=O) groups is 2. The number of amides is 1. The number of hydrogen-bond donors (Lipinski definition) is 1. The van der Waals surface area contributed by atoms with Crippen LogP contribution in [0.2, 0.25) is 0 Å². The van der Waals surface area contributed by atoms with Gasteiger partial charge in [0.25, 0.3) is 5.91 Å². The van der Waals surface area contributed by atoms with Crippen molar-refractivity contribution in [1.82, 2.24) is 0 Å². The van der Waals surface area contributed by atoms with Gasteiger partial charge < -0.3 is 9.84 Å². The van der Waals surface area contributed by atoms with Crippen molar-refractivity contribution in [1.29, 1.82) is 0 Å². The molecule has 1 aliphatic heterocycles. The fourth-order valence-corrected chi connectivity index (χ4v) is 1.66. The van der Waals surface area contributed by atoms with Crippen LogP contribution in [0.15, 0.2) is 24.3 Å². The summed E-state index contributed by atoms with van der Waals surface area (Å²) in [5, 5.41) is 8.94. The maximum Gasteiger partial charge on any atom is 0.326 e. The van der Waals surface area contributed by atoms with Crippen molar-refractivity contribution in [2.24, 2.45) is 0 Å². The van der Waals surface area contributed by atoms with E-state index in [2.05, 4.69) is 0 Å². The quantitative estimate of drug-likeness (QED) is 0.805. The van der Waals surface area contributed by atoms with Gasteiger partial charge >= 0.3 is 5.97 Å². The molecule has 1 aromatic rings. The number of rotatable bonds is 2. The van der Waals surface area contributed by atoms with E-state index in [4.69, 9.17) is 9.84 Å². The lowest BCUT2D eigenvalue weighted by atomic mass is 10.2. The Labute approximate surface area is 92.2 Å². The van der Waals surface area contributed by atoms with Crippen LogP contribution in [0.3, 0.4) is 0 Å². The average molecular weight is 221 g/mol. The van der Waals surface area contributed by atoms with Crippen LogP contribution in [0.5, 0.6) is 5.75 Å². The van der Waals surface area contributed by atoms with Gasteiger partial charge in [0, 0.05) is 0 Å². The second kappa shape index (κ2) is 3.84. The zero-order chi connectivity index (χ0) is 11.7. The number of hydrogen-bond acceptors (Lipinski definition) is 3. The zero-order valence-electron chi connectivity index (χ0n) is 8.71. The Morgan fingerprint density at radius 2 is 2.19 bits per heavy atom. The minimum Gasteiger partial charge on any atom is -0.482 e. The average Bonchev–Trinajstić information content (AvgIpc) is 2.28. The number of carboxylic acid groups (broad SMARTS) is 1. The first-order valence-electron chi connectivity index (χ1n) is 4.88. The molecule has 1 N–H and O–H groups in total. The van der Waals surface area contributed by atoms with Crippen LogP contribution in [0, 0.1) is 0 Å². The van der Waals surface area contributed by atoms with Gasteiger partial charge in [-0.25, -0.2) is 4.79 Å². The summed E-state index contributed by atoms with van der Waals surface area (Å²) in [4.78, 5) is 23.8. The number of anilines is 1. The van der Waals surface area contributed by atoms with Crippen molar-refractivity contribution in [2.75, 3.05) is 11.5 Å². The largest absolute Gasteiger partial charge is 0.482 e. The fourth-order valence-electron chi connectivity index (χ4n) is 1.66. The number of benzene rings is 1. The number of carboxylic acids is 1. The van der Waals surface area contributed by atoms with E-state index in [1.807, 2.05) is 0 Å². The smallest absolute Gasteiger partial charge is 0.326 e. The number of ether oxygens (including phenoxy) is 1. The summed E-state index contributed by atoms with van der Waals surface area (Å²) in [7, 11) is 0. The molecule has 0 unspecified atom stereocenters. The molecule has 5 nitrogen and oxygen atoms in total. The van der Waals surface area contributed by atoms with E-state index in [0.29, 0.717) is 11.4 Å². The molecule has 1 aromatic carbocycles. The van der Waals surface area contributed by atoms with Crippen LogP contribution in [-0.2, 0) is 9.59 Å². The molecule has 0 aliphatic carbocycles. The second-order valence-corrected chi connectivity index (χ2v) is 3.53. The summed E-state index contributed by atoms with van der Waals surface area (Å²) < 4.78 is 5.21. The molecule has 2 rings (SSSR count). The van der Waals surface area contributed by atoms with Crippen LogP contribution >= 0.6 is 0 Å². The van der Waals surface area contributed by atoms with Crippen LogP contribution in [0.1, 0.15) is 6.92 Å². The van der Waals surface area contributed by atoms with Gasteiger partial charge in [0.05, 0.1) is 5.69 Å². The molecule has 1 heterocycles. The van der Waals surface area contributed by atoms with Crippen LogP contribution in [0.4, 0.5) is 5.69 Å². The standard InChI is InChI=1S/C11H11NO4/c1-7(11(14)15)12-8-4-2-3-5-9(8)16-6-10(12)13/h2-5,7H,6H2,1H3,(H,14,15)/t7-/m1/s1. The van der Waals surface area contributed by atoms with E-state index in [-0.39, 0.29) is 12.5 Å². The highest BCUT2D eigenvalue weighted by Gasteiger charge is 2.32. The summed E-state index contributed by atoms with van der Waals surface area (Å²) in [5.41, 5.74) is 0.508. The number of para-hydroxylation sites is 2. The third kappa shape index (κ3) is 1.60. The van der Waals surface area contributed by atoms with Gasteiger partial charge in [-0.05, 0) is 19.1 Å². The van der Waals surface area contributed by atoms with Gasteiger partial charge in [0.15, 0.2) is 6.61 Å². The van der Waals surface area contributed by atoms with E-state index in [9.17, 15) is 9.59 Å². The highest BCUT2D eigenvalue weighted by Crippen LogP contribution is 2.32. The van der Waals surface area contributed by atoms with Gasteiger partial charge in [0.2, 0.25) is 0 Å². The van der Waals surface area contributed by atoms with E-state index in [1.165, 1.54) is 11.8 Å². The Kier molecular flexibility index (Phi) is 2.52. The molecular formula is C11H11NO4. The minimum absolute atomic E-state index is 0.116. The normalized spacial score (nSPS) is 16.3. The molecule has 0 radical (unpaired) electrons. The van der Waals surface area contributed by atoms with E-state index in [0.717, 1.165) is 0 Å². The predicted molar refractivity (Wildman–Crippen MR) is 56.5 cm³/mol. The molecule has 1 aliphatic rings. The third-order valence-corrected chi connectivity index (χ3v) is 2.49. The molecule has 5 heteroatoms. The first kappa shape index (κ1) is 10.5. The first-order chi connectivity index (χ1) is 7.61. The molecule has 84 valence electrons. The Morgan fingerprint density at radius 3 is 2.88 bits per heavy atom. The molecule has 0 fully saturated rings. The summed E-state index contributed by atoms with van der Waals surface area (Å²) in [6.07, 6.45) is 0. The van der Waals surface area contributed by atoms with E-state index < -0.39 is 12.0 Å². The third-order valence-electron chi connectivity index (χ3n) is 2.49. The highest BCUT2D eigenvalue weighted by atomic mass is 16.5. The fraction of sp³-hybridized carbons (Fsp3) is 0.273. The molecule has 0 spiro atoms. The molecule has 1 atom stereocenters. The minimum atomic E-state index is -1.04. The maximum absolute atomic E-state index is 11.6. The Morgan fingerprint density at radius 1 is 1.50 bits per heavy atom. The van der Waals surface area contributed by atoms with Crippen LogP contribution < -0.4 is 9.64 Å². The summed E-state index contributed by atoms with van der Waals surface area (Å²) >= 11 is 0. The van der Waals surface area contributed by atoms with Crippen LogP contribution in [0.25, 0.3) is 0 Å². The van der Waals surface area contributed by atoms with E-state index >= 15 is 0 Å². The molecule has 0 saturated carbocycles. The molecule has 16 heavy (non-hydrogen) atoms. The van der Waals surface area contributed by atoms with Crippen molar-refractivity contribution in [3.8, 4) is 5.75 Å². The Hall–Kier alpha value is -2.04. The molecule has 1 amide bonds. The molecule has 0 aromatic heterocycles. The lowest BCUT2D eigenvalue weighted by Gasteiger charge is -2.31. The molecular weight excluding hydrogens is 210 g/mol. The highest BCUT2D eigenvalue weighted by molar-refractivity contribution is 6.02. The van der Waals surface area contributed by atoms with Gasteiger partial charge in [-0.2, -0.15) is 0 Å². The Bertz CT molecular complexity index is 443. The van der Waals surface area contributed by atoms with Crippen molar-refractivity contribution >= 4 is 17.6 Å². The van der Waals surface area contributed by atoms with Crippen molar-refractivity contribution in [2.45, 2.75) is 13.0 Å². The topological polar surface area (TPSA) is 66.8 Å². The summed E-state index contributed by atoms with van der Waals surface area (Å²) in [5.74, 6) is -0.839. The summed E-state index contributed by atoms with van der Waals surface area (Å²) in [6.45, 7) is 1.36. The maximum atomic E-state index is 11.6. The Balaban J connectivity index is 2.44. The SMILES string of the molecule is C[C@H](C(=O)O)N1C(=O)COc2ccccc21. The summed E-state index contributed by atoms with van der Waals surface area (Å²) in [6, 6.07) is 6.01. The second-order valence-electron chi connectivity index (χ2n) is 3.53. The van der Waals surface area contributed by atoms with Gasteiger partial charge in [-0.3, -0.25) is 9.69 Å². The first-order valence-corrected chi connectivity index (χ1v) is 4.88. The van der Waals surface area contributed by atoms with Gasteiger partial charge in [0.1, 0.15) is 11.8 Å². The monoisotopic (exact) mass is 221 g/mol. The zero-order valence-corrected chi connectivity index (χ0v) is 8.71.